The first-order valence-electron chi connectivity index (χ1n) is 3.15. The molecule has 1 aromatic rings. The Kier molecular flexibility index (Phi) is 1.92. The van der Waals surface area contributed by atoms with Crippen LogP contribution in [0.5, 0.6) is 0 Å². The number of hydrogen-bond acceptors (Lipinski definition) is 2. The average molecular weight is 135 g/mol. The molecule has 4 N–H and O–H groups in total. The monoisotopic (exact) mass is 135 g/mol. The lowest BCUT2D eigenvalue weighted by Gasteiger charge is -2.03. The molecular weight excluding hydrogens is 124 g/mol. The van der Waals surface area contributed by atoms with Gasteiger partial charge in [0.15, 0.2) is 0 Å². The lowest BCUT2D eigenvalue weighted by atomic mass is 10.1. The summed E-state index contributed by atoms with van der Waals surface area (Å²) in [4.78, 5) is 0. The second-order valence-corrected chi connectivity index (χ2v) is 2.19. The topological polar surface area (TPSA) is 52.0 Å². The third-order valence-electron chi connectivity index (χ3n) is 1.51. The van der Waals surface area contributed by atoms with Crippen molar-refractivity contribution in [3.63, 3.8) is 0 Å². The number of benzene rings is 1. The fourth-order valence-electron chi connectivity index (χ4n) is 0.844. The average Bonchev–Trinajstić information content (AvgIpc) is 1.95. The van der Waals surface area contributed by atoms with E-state index in [0.29, 0.717) is 12.2 Å². The van der Waals surface area contributed by atoms with Crippen molar-refractivity contribution < 1.29 is 0 Å². The van der Waals surface area contributed by atoms with Gasteiger partial charge in [0.05, 0.1) is 0 Å². The molecule has 1 rings (SSSR count). The van der Waals surface area contributed by atoms with Crippen molar-refractivity contribution >= 4 is 5.69 Å². The van der Waals surface area contributed by atoms with Crippen molar-refractivity contribution in [3.8, 4) is 0 Å². The molecule has 0 bridgehead atoms. The molecule has 53 valence electrons. The molecular formula is C8H11N2. The van der Waals surface area contributed by atoms with Crippen LogP contribution in [0.4, 0.5) is 5.69 Å². The minimum absolute atomic E-state index is 0.481. The Balaban J connectivity index is 3.14. The molecule has 0 aliphatic heterocycles. The molecule has 1 radical (unpaired) electrons. The van der Waals surface area contributed by atoms with Crippen molar-refractivity contribution in [2.45, 2.75) is 6.54 Å². The van der Waals surface area contributed by atoms with Crippen LogP contribution in [-0.4, -0.2) is 0 Å². The van der Waals surface area contributed by atoms with Gasteiger partial charge in [0.25, 0.3) is 0 Å². The van der Waals surface area contributed by atoms with Gasteiger partial charge in [-0.2, -0.15) is 0 Å². The minimum Gasteiger partial charge on any atom is -0.398 e. The Hall–Kier alpha value is -1.02. The summed E-state index contributed by atoms with van der Waals surface area (Å²) in [5.41, 5.74) is 13.6. The third-order valence-corrected chi connectivity index (χ3v) is 1.51. The van der Waals surface area contributed by atoms with Crippen LogP contribution >= 0.6 is 0 Å². The predicted molar refractivity (Wildman–Crippen MR) is 43.2 cm³/mol. The SMILES string of the molecule is [CH2]c1cccc(CN)c1N. The van der Waals surface area contributed by atoms with E-state index in [9.17, 15) is 0 Å². The van der Waals surface area contributed by atoms with Crippen LogP contribution in [-0.2, 0) is 6.54 Å². The van der Waals surface area contributed by atoms with Crippen LogP contribution in [0.1, 0.15) is 11.1 Å². The van der Waals surface area contributed by atoms with E-state index in [4.69, 9.17) is 11.5 Å². The van der Waals surface area contributed by atoms with Gasteiger partial charge < -0.3 is 11.5 Å². The zero-order valence-electron chi connectivity index (χ0n) is 5.80. The number of rotatable bonds is 1. The molecule has 2 heteroatoms. The third kappa shape index (κ3) is 1.11. The van der Waals surface area contributed by atoms with Crippen molar-refractivity contribution in [2.75, 3.05) is 5.73 Å². The normalized spacial score (nSPS) is 9.80. The Bertz CT molecular complexity index is 231. The van der Waals surface area contributed by atoms with Gasteiger partial charge in [-0.1, -0.05) is 18.2 Å². The molecule has 0 unspecified atom stereocenters. The Labute approximate surface area is 60.8 Å². The van der Waals surface area contributed by atoms with Crippen LogP contribution in [0.3, 0.4) is 0 Å². The zero-order valence-corrected chi connectivity index (χ0v) is 5.80. The molecule has 0 fully saturated rings. The van der Waals surface area contributed by atoms with Gasteiger partial charge in [-0.25, -0.2) is 0 Å². The lowest BCUT2D eigenvalue weighted by molar-refractivity contribution is 1.07. The van der Waals surface area contributed by atoms with Gasteiger partial charge in [0.2, 0.25) is 0 Å². The first-order chi connectivity index (χ1) is 4.75. The second-order valence-electron chi connectivity index (χ2n) is 2.19. The highest BCUT2D eigenvalue weighted by atomic mass is 14.6. The molecule has 2 nitrogen and oxygen atoms in total. The molecule has 0 saturated heterocycles. The van der Waals surface area contributed by atoms with Crippen LogP contribution < -0.4 is 11.5 Å². The van der Waals surface area contributed by atoms with Crippen LogP contribution in [0.15, 0.2) is 18.2 Å². The van der Waals surface area contributed by atoms with Gasteiger partial charge in [-0.3, -0.25) is 0 Å². The molecule has 0 aromatic heterocycles. The first kappa shape index (κ1) is 7.09. The standard InChI is InChI=1S/C8H11N2/c1-6-3-2-4-7(5-9)8(6)10/h2-4H,1,5,9-10H2. The van der Waals surface area contributed by atoms with E-state index in [1.54, 1.807) is 0 Å². The van der Waals surface area contributed by atoms with Crippen molar-refractivity contribution in [2.24, 2.45) is 5.73 Å². The molecule has 0 atom stereocenters. The molecule has 10 heavy (non-hydrogen) atoms. The molecule has 0 aliphatic carbocycles. The summed E-state index contributed by atoms with van der Waals surface area (Å²) in [7, 11) is 0. The zero-order chi connectivity index (χ0) is 7.56. The molecule has 0 heterocycles. The minimum atomic E-state index is 0.481. The smallest absolute Gasteiger partial charge is 0.0392 e. The van der Waals surface area contributed by atoms with E-state index in [2.05, 4.69) is 6.92 Å². The molecule has 0 aliphatic rings. The Morgan fingerprint density at radius 1 is 1.40 bits per heavy atom. The van der Waals surface area contributed by atoms with E-state index in [1.807, 2.05) is 18.2 Å². The maximum Gasteiger partial charge on any atom is 0.0392 e. The van der Waals surface area contributed by atoms with Gasteiger partial charge >= 0.3 is 0 Å². The van der Waals surface area contributed by atoms with E-state index in [1.165, 1.54) is 0 Å². The fourth-order valence-corrected chi connectivity index (χ4v) is 0.844. The quantitative estimate of drug-likeness (QED) is 0.562. The summed E-state index contributed by atoms with van der Waals surface area (Å²) in [6, 6.07) is 5.68. The predicted octanol–water partition coefficient (Wildman–Crippen LogP) is 0.910. The number of nitrogen functional groups attached to an aromatic ring is 1. The van der Waals surface area contributed by atoms with Crippen molar-refractivity contribution in [1.29, 1.82) is 0 Å². The number of nitrogens with two attached hydrogens (primary N) is 2. The van der Waals surface area contributed by atoms with Crippen LogP contribution in [0.2, 0.25) is 0 Å². The van der Waals surface area contributed by atoms with E-state index < -0.39 is 0 Å². The maximum atomic E-state index is 5.65. The lowest BCUT2D eigenvalue weighted by Crippen LogP contribution is -2.02. The molecule has 0 saturated carbocycles. The summed E-state index contributed by atoms with van der Waals surface area (Å²) in [5, 5.41) is 0. The Morgan fingerprint density at radius 3 is 2.60 bits per heavy atom. The van der Waals surface area contributed by atoms with Crippen LogP contribution in [0, 0.1) is 6.92 Å². The summed E-state index contributed by atoms with van der Waals surface area (Å²) < 4.78 is 0. The van der Waals surface area contributed by atoms with Gasteiger partial charge in [0, 0.05) is 12.2 Å². The number of para-hydroxylation sites is 1. The van der Waals surface area contributed by atoms with E-state index in [-0.39, 0.29) is 0 Å². The molecule has 0 spiro atoms. The second kappa shape index (κ2) is 2.71. The fraction of sp³-hybridized carbons (Fsp3) is 0.125. The highest BCUT2D eigenvalue weighted by Crippen LogP contribution is 2.14. The molecule has 1 aromatic carbocycles. The van der Waals surface area contributed by atoms with E-state index >= 15 is 0 Å². The van der Waals surface area contributed by atoms with Crippen LogP contribution in [0.25, 0.3) is 0 Å². The van der Waals surface area contributed by atoms with Gasteiger partial charge in [0.1, 0.15) is 0 Å². The van der Waals surface area contributed by atoms with E-state index in [0.717, 1.165) is 11.1 Å². The Morgan fingerprint density at radius 2 is 2.10 bits per heavy atom. The highest BCUT2D eigenvalue weighted by molar-refractivity contribution is 5.54. The highest BCUT2D eigenvalue weighted by Gasteiger charge is 1.96. The maximum absolute atomic E-state index is 5.65. The van der Waals surface area contributed by atoms with Gasteiger partial charge in [-0.05, 0) is 18.1 Å². The van der Waals surface area contributed by atoms with Crippen molar-refractivity contribution in [1.82, 2.24) is 0 Å². The summed E-state index contributed by atoms with van der Waals surface area (Å²) in [6.45, 7) is 4.23. The number of anilines is 1. The largest absolute Gasteiger partial charge is 0.398 e. The summed E-state index contributed by atoms with van der Waals surface area (Å²) >= 11 is 0. The first-order valence-corrected chi connectivity index (χ1v) is 3.15. The van der Waals surface area contributed by atoms with Crippen molar-refractivity contribution in [3.05, 3.63) is 36.2 Å². The molecule has 0 amide bonds. The summed E-state index contributed by atoms with van der Waals surface area (Å²) in [6.07, 6.45) is 0. The number of hydrogen-bond donors (Lipinski definition) is 2. The summed E-state index contributed by atoms with van der Waals surface area (Å²) in [5.74, 6) is 0. The van der Waals surface area contributed by atoms with Gasteiger partial charge in [-0.15, -0.1) is 0 Å².